The van der Waals surface area contributed by atoms with Gasteiger partial charge < -0.3 is 19.4 Å². The molecule has 0 unspecified atom stereocenters. The van der Waals surface area contributed by atoms with Gasteiger partial charge in [0.05, 0.1) is 13.2 Å². The van der Waals surface area contributed by atoms with Gasteiger partial charge in [-0.1, -0.05) is 6.07 Å². The molecule has 0 fully saturated rings. The zero-order chi connectivity index (χ0) is 16.8. The second-order valence-electron chi connectivity index (χ2n) is 4.77. The molecule has 0 bridgehead atoms. The zero-order valence-electron chi connectivity index (χ0n) is 12.8. The lowest BCUT2D eigenvalue weighted by atomic mass is 10.3. The molecule has 1 heterocycles. The van der Waals surface area contributed by atoms with E-state index in [4.69, 9.17) is 9.15 Å². The Labute approximate surface area is 142 Å². The van der Waals surface area contributed by atoms with Crippen molar-refractivity contribution in [3.63, 3.8) is 0 Å². The predicted molar refractivity (Wildman–Crippen MR) is 89.6 cm³/mol. The lowest BCUT2D eigenvalue weighted by Crippen LogP contribution is -2.34. The molecule has 6 nitrogen and oxygen atoms in total. The maximum Gasteiger partial charge on any atom is 0.289 e. The maximum absolute atomic E-state index is 12.1. The average molecular weight is 381 g/mol. The van der Waals surface area contributed by atoms with E-state index in [1.54, 1.807) is 30.3 Å². The fraction of sp³-hybridized carbons (Fsp3) is 0.250. The Balaban J connectivity index is 1.93. The number of nitrogens with one attached hydrogen (secondary N) is 1. The van der Waals surface area contributed by atoms with Crippen molar-refractivity contribution in [2.45, 2.75) is 6.92 Å². The first-order chi connectivity index (χ1) is 11.0. The van der Waals surface area contributed by atoms with Crippen LogP contribution in [0.15, 0.2) is 45.5 Å². The van der Waals surface area contributed by atoms with E-state index in [2.05, 4.69) is 21.2 Å². The number of carbonyl (C=O) groups excluding carboxylic acids is 2. The van der Waals surface area contributed by atoms with Gasteiger partial charge in [-0.3, -0.25) is 9.59 Å². The summed E-state index contributed by atoms with van der Waals surface area (Å²) in [4.78, 5) is 25.4. The van der Waals surface area contributed by atoms with Crippen LogP contribution in [-0.2, 0) is 4.79 Å². The summed E-state index contributed by atoms with van der Waals surface area (Å²) in [6, 6.07) is 10.3. The van der Waals surface area contributed by atoms with Crippen LogP contribution in [0.1, 0.15) is 17.5 Å². The van der Waals surface area contributed by atoms with E-state index >= 15 is 0 Å². The third-order valence-corrected chi connectivity index (χ3v) is 3.37. The molecular weight excluding hydrogens is 364 g/mol. The van der Waals surface area contributed by atoms with E-state index in [-0.39, 0.29) is 24.1 Å². The van der Waals surface area contributed by atoms with Crippen LogP contribution in [0.3, 0.4) is 0 Å². The molecule has 0 aliphatic rings. The first kappa shape index (κ1) is 17.1. The van der Waals surface area contributed by atoms with Gasteiger partial charge in [0.25, 0.3) is 5.91 Å². The second kappa shape index (κ2) is 7.82. The van der Waals surface area contributed by atoms with Gasteiger partial charge in [0.1, 0.15) is 5.75 Å². The molecule has 0 spiro atoms. The molecule has 0 atom stereocenters. The fourth-order valence-corrected chi connectivity index (χ4v) is 2.24. The molecule has 2 aromatic rings. The van der Waals surface area contributed by atoms with Crippen molar-refractivity contribution in [3.05, 3.63) is 46.8 Å². The number of hydrogen-bond donors (Lipinski definition) is 1. The number of amides is 2. The maximum atomic E-state index is 12.1. The molecule has 1 aromatic heterocycles. The van der Waals surface area contributed by atoms with Gasteiger partial charge >= 0.3 is 0 Å². The third-order valence-electron chi connectivity index (χ3n) is 2.94. The topological polar surface area (TPSA) is 71.8 Å². The van der Waals surface area contributed by atoms with Gasteiger partial charge in [-0.15, -0.1) is 0 Å². The van der Waals surface area contributed by atoms with Crippen molar-refractivity contribution in [2.75, 3.05) is 25.5 Å². The Morgan fingerprint density at radius 2 is 2.09 bits per heavy atom. The highest BCUT2D eigenvalue weighted by atomic mass is 79.9. The molecule has 0 saturated carbocycles. The van der Waals surface area contributed by atoms with E-state index in [1.807, 2.05) is 13.0 Å². The molecule has 0 saturated heterocycles. The molecule has 122 valence electrons. The Kier molecular flexibility index (Phi) is 5.81. The molecule has 23 heavy (non-hydrogen) atoms. The van der Waals surface area contributed by atoms with Gasteiger partial charge in [0.2, 0.25) is 5.91 Å². The second-order valence-corrected chi connectivity index (χ2v) is 5.56. The van der Waals surface area contributed by atoms with Crippen LogP contribution in [0.5, 0.6) is 5.75 Å². The number of benzene rings is 1. The van der Waals surface area contributed by atoms with Crippen molar-refractivity contribution in [3.8, 4) is 5.75 Å². The van der Waals surface area contributed by atoms with Gasteiger partial charge in [0, 0.05) is 18.8 Å². The molecule has 0 aliphatic heterocycles. The molecular formula is C16H17BrN2O4. The van der Waals surface area contributed by atoms with E-state index in [1.165, 1.54) is 11.9 Å². The van der Waals surface area contributed by atoms with E-state index in [0.717, 1.165) is 0 Å². The van der Waals surface area contributed by atoms with Crippen molar-refractivity contribution >= 4 is 33.4 Å². The van der Waals surface area contributed by atoms with E-state index in [0.29, 0.717) is 22.7 Å². The van der Waals surface area contributed by atoms with Crippen LogP contribution in [0, 0.1) is 0 Å². The predicted octanol–water partition coefficient (Wildman–Crippen LogP) is 3.15. The monoisotopic (exact) mass is 380 g/mol. The fourth-order valence-electron chi connectivity index (χ4n) is 1.94. The number of nitrogens with zero attached hydrogens (tertiary/aromatic N) is 1. The van der Waals surface area contributed by atoms with Crippen molar-refractivity contribution in [2.24, 2.45) is 0 Å². The number of rotatable bonds is 6. The highest BCUT2D eigenvalue weighted by Gasteiger charge is 2.18. The highest BCUT2D eigenvalue weighted by molar-refractivity contribution is 9.10. The van der Waals surface area contributed by atoms with Gasteiger partial charge in [-0.05, 0) is 47.1 Å². The summed E-state index contributed by atoms with van der Waals surface area (Å²) in [6.07, 6.45) is 0. The van der Waals surface area contributed by atoms with Crippen molar-refractivity contribution in [1.29, 1.82) is 0 Å². The normalized spacial score (nSPS) is 10.2. The van der Waals surface area contributed by atoms with Gasteiger partial charge in [-0.25, -0.2) is 0 Å². The molecule has 2 rings (SSSR count). The van der Waals surface area contributed by atoms with Crippen LogP contribution in [0.2, 0.25) is 0 Å². The number of carbonyl (C=O) groups is 2. The summed E-state index contributed by atoms with van der Waals surface area (Å²) < 4.78 is 11.0. The summed E-state index contributed by atoms with van der Waals surface area (Å²) in [6.45, 7) is 2.35. The first-order valence-electron chi connectivity index (χ1n) is 7.03. The molecule has 0 radical (unpaired) electrons. The molecule has 1 N–H and O–H groups in total. The third kappa shape index (κ3) is 4.85. The van der Waals surface area contributed by atoms with Crippen LogP contribution in [0.25, 0.3) is 0 Å². The summed E-state index contributed by atoms with van der Waals surface area (Å²) in [5.41, 5.74) is 0.613. The van der Waals surface area contributed by atoms with Crippen LogP contribution in [-0.4, -0.2) is 36.9 Å². The molecule has 7 heteroatoms. The minimum atomic E-state index is -0.367. The molecule has 0 aliphatic carbocycles. The number of halogens is 1. The highest BCUT2D eigenvalue weighted by Crippen LogP contribution is 2.18. The van der Waals surface area contributed by atoms with Gasteiger partial charge in [-0.2, -0.15) is 0 Å². The quantitative estimate of drug-likeness (QED) is 0.835. The Morgan fingerprint density at radius 3 is 2.74 bits per heavy atom. The van der Waals surface area contributed by atoms with E-state index < -0.39 is 0 Å². The molecule has 2 amide bonds. The number of hydrogen-bond acceptors (Lipinski definition) is 4. The molecule has 1 aromatic carbocycles. The smallest absolute Gasteiger partial charge is 0.289 e. The summed E-state index contributed by atoms with van der Waals surface area (Å²) in [5, 5.41) is 2.73. The lowest BCUT2D eigenvalue weighted by molar-refractivity contribution is -0.116. The Bertz CT molecular complexity index is 699. The van der Waals surface area contributed by atoms with E-state index in [9.17, 15) is 9.59 Å². The Morgan fingerprint density at radius 1 is 1.30 bits per heavy atom. The van der Waals surface area contributed by atoms with Crippen LogP contribution >= 0.6 is 15.9 Å². The number of ether oxygens (including phenoxy) is 1. The van der Waals surface area contributed by atoms with Crippen LogP contribution in [0.4, 0.5) is 5.69 Å². The largest absolute Gasteiger partial charge is 0.494 e. The minimum absolute atomic E-state index is 0.0873. The standard InChI is InChI=1S/C16H17BrN2O4/c1-3-22-12-6-4-5-11(9-12)18-15(20)10-19(2)16(21)13-7-8-14(17)23-13/h4-9H,3,10H2,1-2H3,(H,18,20). The summed E-state index contributed by atoms with van der Waals surface area (Å²) in [5.74, 6) is 0.176. The van der Waals surface area contributed by atoms with Crippen molar-refractivity contribution in [1.82, 2.24) is 4.90 Å². The Hall–Kier alpha value is -2.28. The lowest BCUT2D eigenvalue weighted by Gasteiger charge is -2.15. The van der Waals surface area contributed by atoms with Gasteiger partial charge in [0.15, 0.2) is 10.4 Å². The zero-order valence-corrected chi connectivity index (χ0v) is 14.4. The SMILES string of the molecule is CCOc1cccc(NC(=O)CN(C)C(=O)c2ccc(Br)o2)c1. The first-order valence-corrected chi connectivity index (χ1v) is 7.82. The number of furan rings is 1. The summed E-state index contributed by atoms with van der Waals surface area (Å²) >= 11 is 3.14. The number of likely N-dealkylation sites (N-methyl/N-ethyl adjacent to an activating group) is 1. The minimum Gasteiger partial charge on any atom is -0.494 e. The number of anilines is 1. The summed E-state index contributed by atoms with van der Waals surface area (Å²) in [7, 11) is 1.54. The van der Waals surface area contributed by atoms with Crippen LogP contribution < -0.4 is 10.1 Å². The van der Waals surface area contributed by atoms with Crippen molar-refractivity contribution < 1.29 is 18.7 Å². The average Bonchev–Trinajstić information content (AvgIpc) is 2.93.